The Kier molecular flexibility index (Phi) is 3.51. The number of carbonyl (C=O) groups is 1. The van der Waals surface area contributed by atoms with Crippen LogP contribution in [0.4, 0.5) is 0 Å². The van der Waals surface area contributed by atoms with Gasteiger partial charge in [0.2, 0.25) is 0 Å². The molecule has 102 valence electrons. The van der Waals surface area contributed by atoms with Crippen molar-refractivity contribution in [3.05, 3.63) is 39.6 Å². The third-order valence-electron chi connectivity index (χ3n) is 3.11. The molecule has 1 aromatic rings. The van der Waals surface area contributed by atoms with Gasteiger partial charge < -0.3 is 5.11 Å². The van der Waals surface area contributed by atoms with Crippen molar-refractivity contribution in [2.45, 2.75) is 19.4 Å². The SMILES string of the molecule is CON1C(=O)C(c2ccc(Cl)cc2Cl)=C(O)C1(C)C. The Labute approximate surface area is 121 Å². The lowest BCUT2D eigenvalue weighted by molar-refractivity contribution is -0.189. The molecule has 1 aliphatic rings. The highest BCUT2D eigenvalue weighted by molar-refractivity contribution is 6.37. The Balaban J connectivity index is 2.61. The minimum Gasteiger partial charge on any atom is -0.509 e. The second kappa shape index (κ2) is 4.71. The maximum atomic E-state index is 12.3. The van der Waals surface area contributed by atoms with E-state index in [9.17, 15) is 9.90 Å². The maximum Gasteiger partial charge on any atom is 0.282 e. The number of amides is 1. The Bertz CT molecular complexity index is 581. The highest BCUT2D eigenvalue weighted by atomic mass is 35.5. The number of rotatable bonds is 2. The van der Waals surface area contributed by atoms with Gasteiger partial charge in [-0.3, -0.25) is 9.63 Å². The predicted molar refractivity (Wildman–Crippen MR) is 73.9 cm³/mol. The molecule has 6 heteroatoms. The van der Waals surface area contributed by atoms with Crippen molar-refractivity contribution >= 4 is 34.7 Å². The van der Waals surface area contributed by atoms with Crippen molar-refractivity contribution in [2.75, 3.05) is 7.11 Å². The smallest absolute Gasteiger partial charge is 0.282 e. The van der Waals surface area contributed by atoms with Crippen LogP contribution in [0, 0.1) is 0 Å². The molecule has 0 fully saturated rings. The average molecular weight is 302 g/mol. The molecule has 0 radical (unpaired) electrons. The summed E-state index contributed by atoms with van der Waals surface area (Å²) in [4.78, 5) is 17.3. The maximum absolute atomic E-state index is 12.3. The number of hydrogen-bond donors (Lipinski definition) is 1. The second-order valence-corrected chi connectivity index (χ2v) is 5.53. The van der Waals surface area contributed by atoms with Gasteiger partial charge in [-0.25, -0.2) is 5.06 Å². The lowest BCUT2D eigenvalue weighted by atomic mass is 9.99. The molecule has 1 aromatic carbocycles. The molecule has 0 unspecified atom stereocenters. The molecule has 19 heavy (non-hydrogen) atoms. The first-order valence-corrected chi connectivity index (χ1v) is 6.34. The summed E-state index contributed by atoms with van der Waals surface area (Å²) < 4.78 is 0. The molecule has 0 saturated carbocycles. The number of hydroxylamine groups is 2. The molecule has 0 bridgehead atoms. The highest BCUT2D eigenvalue weighted by Crippen LogP contribution is 2.40. The molecule has 1 heterocycles. The summed E-state index contributed by atoms with van der Waals surface area (Å²) in [5.41, 5.74) is -0.376. The fraction of sp³-hybridized carbons (Fsp3) is 0.308. The molecule has 0 aromatic heterocycles. The first-order valence-electron chi connectivity index (χ1n) is 5.58. The van der Waals surface area contributed by atoms with Crippen LogP contribution in [0.5, 0.6) is 0 Å². The van der Waals surface area contributed by atoms with Gasteiger partial charge in [-0.15, -0.1) is 0 Å². The third-order valence-corrected chi connectivity index (χ3v) is 3.65. The number of nitrogens with zero attached hydrogens (tertiary/aromatic N) is 1. The van der Waals surface area contributed by atoms with E-state index < -0.39 is 11.4 Å². The van der Waals surface area contributed by atoms with E-state index in [1.165, 1.54) is 13.2 Å². The average Bonchev–Trinajstić information content (AvgIpc) is 2.48. The summed E-state index contributed by atoms with van der Waals surface area (Å²) >= 11 is 11.9. The summed E-state index contributed by atoms with van der Waals surface area (Å²) in [7, 11) is 1.37. The molecular weight excluding hydrogens is 289 g/mol. The van der Waals surface area contributed by atoms with Crippen LogP contribution in [0.2, 0.25) is 10.0 Å². The minimum absolute atomic E-state index is 0.0800. The summed E-state index contributed by atoms with van der Waals surface area (Å²) in [5.74, 6) is -0.516. The van der Waals surface area contributed by atoms with Crippen molar-refractivity contribution in [3.8, 4) is 0 Å². The molecule has 4 nitrogen and oxygen atoms in total. The van der Waals surface area contributed by atoms with E-state index in [4.69, 9.17) is 28.0 Å². The fourth-order valence-electron chi connectivity index (χ4n) is 2.10. The summed E-state index contributed by atoms with van der Waals surface area (Å²) in [6.45, 7) is 3.36. The van der Waals surface area contributed by atoms with Gasteiger partial charge in [0.15, 0.2) is 0 Å². The van der Waals surface area contributed by atoms with E-state index in [1.54, 1.807) is 26.0 Å². The first kappa shape index (κ1) is 14.2. The van der Waals surface area contributed by atoms with Crippen LogP contribution in [0.15, 0.2) is 24.0 Å². The zero-order valence-electron chi connectivity index (χ0n) is 10.7. The molecule has 1 N–H and O–H groups in total. The van der Waals surface area contributed by atoms with E-state index >= 15 is 0 Å². The first-order chi connectivity index (χ1) is 8.80. The molecule has 0 spiro atoms. The standard InChI is InChI=1S/C13H13Cl2NO3/c1-13(2)11(17)10(12(18)16(13)19-3)8-5-4-7(14)6-9(8)15/h4-6,17H,1-3H3. The Morgan fingerprint density at radius 2 is 1.95 bits per heavy atom. The molecule has 0 atom stereocenters. The molecule has 0 saturated heterocycles. The monoisotopic (exact) mass is 301 g/mol. The van der Waals surface area contributed by atoms with Crippen LogP contribution in [-0.2, 0) is 9.63 Å². The largest absolute Gasteiger partial charge is 0.509 e. The quantitative estimate of drug-likeness (QED) is 0.910. The van der Waals surface area contributed by atoms with Gasteiger partial charge in [-0.2, -0.15) is 0 Å². The van der Waals surface area contributed by atoms with Crippen molar-refractivity contribution in [1.29, 1.82) is 0 Å². The van der Waals surface area contributed by atoms with Gasteiger partial charge in [-0.05, 0) is 26.0 Å². The zero-order chi connectivity index (χ0) is 14.4. The molecule has 1 amide bonds. The van der Waals surface area contributed by atoms with Crippen LogP contribution in [0.1, 0.15) is 19.4 Å². The normalized spacial score (nSPS) is 18.4. The van der Waals surface area contributed by atoms with E-state index in [0.717, 1.165) is 5.06 Å². The molecular formula is C13H13Cl2NO3. The van der Waals surface area contributed by atoms with Gasteiger partial charge in [0.1, 0.15) is 11.3 Å². The number of hydrogen-bond acceptors (Lipinski definition) is 3. The number of carbonyl (C=O) groups excluding carboxylic acids is 1. The Morgan fingerprint density at radius 3 is 2.42 bits per heavy atom. The van der Waals surface area contributed by atoms with Crippen LogP contribution < -0.4 is 0 Å². The second-order valence-electron chi connectivity index (χ2n) is 4.69. The van der Waals surface area contributed by atoms with Crippen molar-refractivity contribution in [3.63, 3.8) is 0 Å². The number of aliphatic hydroxyl groups is 1. The predicted octanol–water partition coefficient (Wildman–Crippen LogP) is 3.44. The van der Waals surface area contributed by atoms with Gasteiger partial charge in [-0.1, -0.05) is 29.3 Å². The lowest BCUT2D eigenvalue weighted by Crippen LogP contribution is -2.42. The number of halogens is 2. The molecule has 2 rings (SSSR count). The van der Waals surface area contributed by atoms with Crippen molar-refractivity contribution < 1.29 is 14.7 Å². The summed E-state index contributed by atoms with van der Waals surface area (Å²) in [6, 6.07) is 4.73. The fourth-order valence-corrected chi connectivity index (χ4v) is 2.61. The van der Waals surface area contributed by atoms with Crippen molar-refractivity contribution in [2.24, 2.45) is 0 Å². The zero-order valence-corrected chi connectivity index (χ0v) is 12.2. The summed E-state index contributed by atoms with van der Waals surface area (Å²) in [6.07, 6.45) is 0. The van der Waals surface area contributed by atoms with Crippen LogP contribution in [0.3, 0.4) is 0 Å². The Morgan fingerprint density at radius 1 is 1.32 bits per heavy atom. The van der Waals surface area contributed by atoms with Gasteiger partial charge in [0, 0.05) is 10.6 Å². The van der Waals surface area contributed by atoms with E-state index in [2.05, 4.69) is 0 Å². The molecule has 0 aliphatic carbocycles. The third kappa shape index (κ3) is 2.10. The lowest BCUT2D eigenvalue weighted by Gasteiger charge is -2.28. The Hall–Kier alpha value is -1.23. The number of benzene rings is 1. The van der Waals surface area contributed by atoms with Gasteiger partial charge >= 0.3 is 0 Å². The van der Waals surface area contributed by atoms with Crippen molar-refractivity contribution in [1.82, 2.24) is 5.06 Å². The van der Waals surface area contributed by atoms with Crippen LogP contribution in [-0.4, -0.2) is 28.7 Å². The van der Waals surface area contributed by atoms with E-state index in [0.29, 0.717) is 15.6 Å². The topological polar surface area (TPSA) is 49.8 Å². The molecule has 1 aliphatic heterocycles. The minimum atomic E-state index is -0.940. The van der Waals surface area contributed by atoms with E-state index in [-0.39, 0.29) is 11.3 Å². The van der Waals surface area contributed by atoms with Gasteiger partial charge in [0.25, 0.3) is 5.91 Å². The number of aliphatic hydroxyl groups excluding tert-OH is 1. The summed E-state index contributed by atoms with van der Waals surface area (Å²) in [5, 5.41) is 12.2. The van der Waals surface area contributed by atoms with Crippen LogP contribution >= 0.6 is 23.2 Å². The van der Waals surface area contributed by atoms with Gasteiger partial charge in [0.05, 0.1) is 17.7 Å². The van der Waals surface area contributed by atoms with E-state index in [1.807, 2.05) is 0 Å². The highest BCUT2D eigenvalue weighted by Gasteiger charge is 2.47. The van der Waals surface area contributed by atoms with Crippen LogP contribution in [0.25, 0.3) is 5.57 Å².